The number of aromatic hydroxyl groups is 2. The van der Waals surface area contributed by atoms with Gasteiger partial charge in [-0.1, -0.05) is 72.4 Å². The molecule has 0 saturated carbocycles. The maximum Gasteiger partial charge on any atom is 0.338 e. The minimum Gasteiger partial charge on any atom is -0.507 e. The van der Waals surface area contributed by atoms with Crippen LogP contribution in [0.1, 0.15) is 31.8 Å². The number of ether oxygens (including phenoxy) is 2. The SMILES string of the molecule is O=C(OCCc1ccccc1)c1ccc(O)c(Sc2cc(C(=O)OCCc3ccccc3)ccc2O)c1. The minimum absolute atomic E-state index is 0.0684. The van der Waals surface area contributed by atoms with Gasteiger partial charge in [-0.15, -0.1) is 0 Å². The fourth-order valence-corrected chi connectivity index (χ4v) is 4.50. The van der Waals surface area contributed by atoms with Crippen LogP contribution in [0.4, 0.5) is 0 Å². The second-order valence-corrected chi connectivity index (χ2v) is 9.29. The Balaban J connectivity index is 1.39. The van der Waals surface area contributed by atoms with Gasteiger partial charge in [-0.05, 0) is 47.5 Å². The van der Waals surface area contributed by atoms with E-state index in [0.29, 0.717) is 22.6 Å². The average molecular weight is 515 g/mol. The van der Waals surface area contributed by atoms with Crippen LogP contribution in [0.2, 0.25) is 0 Å². The summed E-state index contributed by atoms with van der Waals surface area (Å²) >= 11 is 1.03. The second-order valence-electron chi connectivity index (χ2n) is 8.21. The maximum absolute atomic E-state index is 12.5. The molecule has 6 nitrogen and oxygen atoms in total. The molecular formula is C30H26O6S. The van der Waals surface area contributed by atoms with Gasteiger partial charge < -0.3 is 19.7 Å². The first kappa shape index (κ1) is 25.9. The van der Waals surface area contributed by atoms with Gasteiger partial charge >= 0.3 is 11.9 Å². The molecule has 4 aromatic carbocycles. The molecule has 0 aromatic heterocycles. The first-order valence-electron chi connectivity index (χ1n) is 11.8. The van der Waals surface area contributed by atoms with Crippen molar-refractivity contribution in [2.75, 3.05) is 13.2 Å². The van der Waals surface area contributed by atoms with E-state index in [4.69, 9.17) is 9.47 Å². The van der Waals surface area contributed by atoms with Gasteiger partial charge in [0, 0.05) is 12.8 Å². The molecule has 2 N–H and O–H groups in total. The number of hydrogen-bond acceptors (Lipinski definition) is 7. The van der Waals surface area contributed by atoms with Crippen LogP contribution in [0.15, 0.2) is 107 Å². The smallest absolute Gasteiger partial charge is 0.338 e. The van der Waals surface area contributed by atoms with E-state index in [0.717, 1.165) is 22.9 Å². The highest BCUT2D eigenvalue weighted by molar-refractivity contribution is 7.99. The highest BCUT2D eigenvalue weighted by atomic mass is 32.2. The molecule has 0 aliphatic heterocycles. The summed E-state index contributed by atoms with van der Waals surface area (Å²) in [6, 6.07) is 28.1. The van der Waals surface area contributed by atoms with Gasteiger partial charge in [0.05, 0.1) is 34.1 Å². The van der Waals surface area contributed by atoms with Gasteiger partial charge in [-0.25, -0.2) is 9.59 Å². The Labute approximate surface area is 219 Å². The molecule has 4 rings (SSSR count). The zero-order chi connectivity index (χ0) is 26.0. The van der Waals surface area contributed by atoms with Gasteiger partial charge in [-0.2, -0.15) is 0 Å². The normalized spacial score (nSPS) is 10.6. The van der Waals surface area contributed by atoms with Crippen molar-refractivity contribution in [2.24, 2.45) is 0 Å². The summed E-state index contributed by atoms with van der Waals surface area (Å²) in [7, 11) is 0. The van der Waals surface area contributed by atoms with E-state index in [-0.39, 0.29) is 35.8 Å². The molecule has 0 amide bonds. The molecule has 7 heteroatoms. The second kappa shape index (κ2) is 12.6. The summed E-state index contributed by atoms with van der Waals surface area (Å²) in [5.74, 6) is -1.17. The van der Waals surface area contributed by atoms with Crippen molar-refractivity contribution in [1.29, 1.82) is 0 Å². The number of phenols is 2. The first-order chi connectivity index (χ1) is 18.0. The number of carbonyl (C=O) groups excluding carboxylic acids is 2. The van der Waals surface area contributed by atoms with Crippen molar-refractivity contribution in [1.82, 2.24) is 0 Å². The molecule has 4 aromatic rings. The monoisotopic (exact) mass is 514 g/mol. The first-order valence-corrected chi connectivity index (χ1v) is 12.6. The molecule has 0 aliphatic rings. The van der Waals surface area contributed by atoms with Crippen LogP contribution in [-0.2, 0) is 22.3 Å². The van der Waals surface area contributed by atoms with Gasteiger partial charge in [-0.3, -0.25) is 0 Å². The summed E-state index contributed by atoms with van der Waals surface area (Å²) in [4.78, 5) is 25.8. The summed E-state index contributed by atoms with van der Waals surface area (Å²) in [6.45, 7) is 0.447. The molecule has 0 fully saturated rings. The third-order valence-electron chi connectivity index (χ3n) is 5.54. The van der Waals surface area contributed by atoms with Crippen molar-refractivity contribution in [3.05, 3.63) is 119 Å². The molecule has 0 unspecified atom stereocenters. The Hall–Kier alpha value is -4.23. The highest BCUT2D eigenvalue weighted by Crippen LogP contribution is 2.39. The van der Waals surface area contributed by atoms with Crippen molar-refractivity contribution in [2.45, 2.75) is 22.6 Å². The lowest BCUT2D eigenvalue weighted by Crippen LogP contribution is -2.08. The Bertz CT molecular complexity index is 1250. The molecule has 37 heavy (non-hydrogen) atoms. The van der Waals surface area contributed by atoms with Crippen LogP contribution >= 0.6 is 11.8 Å². The largest absolute Gasteiger partial charge is 0.507 e. The molecule has 0 aliphatic carbocycles. The molecule has 0 atom stereocenters. The summed E-state index contributed by atoms with van der Waals surface area (Å²) in [5, 5.41) is 20.7. The fraction of sp³-hybridized carbons (Fsp3) is 0.133. The molecule has 188 valence electrons. The Morgan fingerprint density at radius 2 is 1.00 bits per heavy atom. The molecular weight excluding hydrogens is 488 g/mol. The fourth-order valence-electron chi connectivity index (χ4n) is 3.54. The quantitative estimate of drug-likeness (QED) is 0.249. The molecule has 0 bridgehead atoms. The van der Waals surface area contributed by atoms with Crippen LogP contribution in [0.25, 0.3) is 0 Å². The van der Waals surface area contributed by atoms with Crippen molar-refractivity contribution < 1.29 is 29.3 Å². The van der Waals surface area contributed by atoms with Gasteiger partial charge in [0.25, 0.3) is 0 Å². The maximum atomic E-state index is 12.5. The number of benzene rings is 4. The number of rotatable bonds is 10. The highest BCUT2D eigenvalue weighted by Gasteiger charge is 2.16. The number of esters is 2. The van der Waals surface area contributed by atoms with Crippen molar-refractivity contribution in [3.63, 3.8) is 0 Å². The molecule has 0 radical (unpaired) electrons. The van der Waals surface area contributed by atoms with Gasteiger partial charge in [0.1, 0.15) is 11.5 Å². The minimum atomic E-state index is -0.516. The summed E-state index contributed by atoms with van der Waals surface area (Å²) in [5.41, 5.74) is 2.66. The van der Waals surface area contributed by atoms with Crippen molar-refractivity contribution >= 4 is 23.7 Å². The average Bonchev–Trinajstić information content (AvgIpc) is 2.92. The van der Waals surface area contributed by atoms with Gasteiger partial charge in [0.2, 0.25) is 0 Å². The predicted molar refractivity (Wildman–Crippen MR) is 141 cm³/mol. The number of phenolic OH excluding ortho intramolecular Hbond substituents is 2. The van der Waals surface area contributed by atoms with E-state index in [2.05, 4.69) is 0 Å². The van der Waals surface area contributed by atoms with Gasteiger partial charge in [0.15, 0.2) is 0 Å². The molecule has 0 heterocycles. The van der Waals surface area contributed by atoms with E-state index in [9.17, 15) is 19.8 Å². The Morgan fingerprint density at radius 1 is 0.595 bits per heavy atom. The molecule has 0 spiro atoms. The van der Waals surface area contributed by atoms with Crippen LogP contribution in [-0.4, -0.2) is 35.4 Å². The van der Waals surface area contributed by atoms with Crippen molar-refractivity contribution in [3.8, 4) is 11.5 Å². The van der Waals surface area contributed by atoms with Crippen LogP contribution in [0.5, 0.6) is 11.5 Å². The van der Waals surface area contributed by atoms with E-state index >= 15 is 0 Å². The van der Waals surface area contributed by atoms with E-state index < -0.39 is 11.9 Å². The third-order valence-corrected chi connectivity index (χ3v) is 6.64. The summed E-state index contributed by atoms with van der Waals surface area (Å²) in [6.07, 6.45) is 1.18. The van der Waals surface area contributed by atoms with Crippen LogP contribution in [0, 0.1) is 0 Å². The van der Waals surface area contributed by atoms with E-state index in [1.165, 1.54) is 36.4 Å². The Kier molecular flexibility index (Phi) is 8.84. The lowest BCUT2D eigenvalue weighted by Gasteiger charge is -2.11. The Morgan fingerprint density at radius 3 is 1.41 bits per heavy atom. The lowest BCUT2D eigenvalue weighted by atomic mass is 10.2. The topological polar surface area (TPSA) is 93.1 Å². The zero-order valence-corrected chi connectivity index (χ0v) is 20.8. The molecule has 0 saturated heterocycles. The van der Waals surface area contributed by atoms with E-state index in [1.54, 1.807) is 0 Å². The number of hydrogen-bond donors (Lipinski definition) is 2. The zero-order valence-electron chi connectivity index (χ0n) is 20.0. The van der Waals surface area contributed by atoms with Crippen LogP contribution in [0.3, 0.4) is 0 Å². The lowest BCUT2D eigenvalue weighted by molar-refractivity contribution is 0.0499. The standard InChI is InChI=1S/C30H26O6S/c31-25-13-11-23(29(33)35-17-15-21-7-3-1-4-8-21)19-27(25)37-28-20-24(12-14-26(28)32)30(34)36-18-16-22-9-5-2-6-10-22/h1-14,19-20,31-32H,15-18H2. The predicted octanol–water partition coefficient (Wildman–Crippen LogP) is 6.05. The summed E-state index contributed by atoms with van der Waals surface area (Å²) < 4.78 is 10.8. The van der Waals surface area contributed by atoms with E-state index in [1.807, 2.05) is 60.7 Å². The van der Waals surface area contributed by atoms with Crippen LogP contribution < -0.4 is 0 Å². The third kappa shape index (κ3) is 7.38. The number of carbonyl (C=O) groups is 2.